The Morgan fingerprint density at radius 2 is 1.64 bits per heavy atom. The van der Waals surface area contributed by atoms with Crippen LogP contribution in [0.5, 0.6) is 0 Å². The summed E-state index contributed by atoms with van der Waals surface area (Å²) in [6, 6.07) is 4.27. The summed E-state index contributed by atoms with van der Waals surface area (Å²) in [5.41, 5.74) is 1.45. The fourth-order valence-electron chi connectivity index (χ4n) is 1.79. The number of pyridine rings is 1. The third-order valence-electron chi connectivity index (χ3n) is 2.52. The number of hydrogen-bond donors (Lipinski definition) is 1. The fourth-order valence-corrected chi connectivity index (χ4v) is 1.79. The van der Waals surface area contributed by atoms with Gasteiger partial charge in [0, 0.05) is 12.4 Å². The molecular formula is C10H16Cl2N2. The van der Waals surface area contributed by atoms with Gasteiger partial charge in [0.2, 0.25) is 0 Å². The van der Waals surface area contributed by atoms with Crippen LogP contribution in [0.4, 0.5) is 0 Å². The second-order valence-electron chi connectivity index (χ2n) is 3.30. The molecule has 0 aromatic carbocycles. The van der Waals surface area contributed by atoms with Crippen molar-refractivity contribution in [2.24, 2.45) is 0 Å². The monoisotopic (exact) mass is 234 g/mol. The van der Waals surface area contributed by atoms with Crippen molar-refractivity contribution < 1.29 is 0 Å². The van der Waals surface area contributed by atoms with E-state index in [0.29, 0.717) is 0 Å². The molecule has 4 heteroatoms. The minimum Gasteiger partial charge on any atom is -0.317 e. The van der Waals surface area contributed by atoms with Crippen LogP contribution in [0.1, 0.15) is 24.3 Å². The van der Waals surface area contributed by atoms with Gasteiger partial charge in [0.25, 0.3) is 0 Å². The lowest BCUT2D eigenvalue weighted by Gasteiger charge is -2.22. The van der Waals surface area contributed by atoms with Crippen LogP contribution in [0.2, 0.25) is 0 Å². The van der Waals surface area contributed by atoms with E-state index in [1.54, 1.807) is 0 Å². The topological polar surface area (TPSA) is 24.9 Å². The maximum atomic E-state index is 4.02. The van der Waals surface area contributed by atoms with Crippen molar-refractivity contribution in [3.05, 3.63) is 30.1 Å². The molecule has 1 N–H and O–H groups in total. The van der Waals surface area contributed by atoms with Crippen molar-refractivity contribution in [2.45, 2.75) is 18.8 Å². The maximum absolute atomic E-state index is 4.02. The molecule has 2 rings (SSSR count). The lowest BCUT2D eigenvalue weighted by molar-refractivity contribution is 0.460. The normalized spacial score (nSPS) is 16.6. The third-order valence-corrected chi connectivity index (χ3v) is 2.52. The van der Waals surface area contributed by atoms with Crippen LogP contribution in [0.15, 0.2) is 24.5 Å². The molecule has 14 heavy (non-hydrogen) atoms. The van der Waals surface area contributed by atoms with Crippen LogP contribution in [-0.2, 0) is 0 Å². The molecule has 0 atom stereocenters. The number of piperidine rings is 1. The van der Waals surface area contributed by atoms with Gasteiger partial charge in [0.1, 0.15) is 0 Å². The van der Waals surface area contributed by atoms with Crippen LogP contribution in [-0.4, -0.2) is 18.1 Å². The van der Waals surface area contributed by atoms with E-state index in [0.717, 1.165) is 19.0 Å². The molecule has 0 unspecified atom stereocenters. The zero-order valence-electron chi connectivity index (χ0n) is 7.98. The summed E-state index contributed by atoms with van der Waals surface area (Å²) >= 11 is 0. The van der Waals surface area contributed by atoms with Crippen molar-refractivity contribution >= 4 is 24.8 Å². The smallest absolute Gasteiger partial charge is 0.0270 e. The van der Waals surface area contributed by atoms with Crippen LogP contribution < -0.4 is 5.32 Å². The largest absolute Gasteiger partial charge is 0.317 e. The summed E-state index contributed by atoms with van der Waals surface area (Å²) in [4.78, 5) is 4.02. The van der Waals surface area contributed by atoms with Crippen LogP contribution in [0, 0.1) is 0 Å². The first-order chi connectivity index (χ1) is 5.97. The predicted octanol–water partition coefficient (Wildman–Crippen LogP) is 2.39. The lowest BCUT2D eigenvalue weighted by atomic mass is 9.91. The number of nitrogens with zero attached hydrogens (tertiary/aromatic N) is 1. The van der Waals surface area contributed by atoms with Gasteiger partial charge >= 0.3 is 0 Å². The minimum absolute atomic E-state index is 0. The number of nitrogens with one attached hydrogen (secondary N) is 1. The molecule has 2 heterocycles. The molecule has 1 aromatic rings. The standard InChI is InChI=1S/C10H14N2.2ClH/c1-5-11-6-2-9(1)10-3-7-12-8-4-10;;/h1-2,5-6,10,12H,3-4,7-8H2;2*1H. The summed E-state index contributed by atoms with van der Waals surface area (Å²) in [6.45, 7) is 2.32. The highest BCUT2D eigenvalue weighted by atomic mass is 35.5. The first-order valence-corrected chi connectivity index (χ1v) is 4.57. The fraction of sp³-hybridized carbons (Fsp3) is 0.500. The molecule has 1 aliphatic rings. The quantitative estimate of drug-likeness (QED) is 0.808. The van der Waals surface area contributed by atoms with Gasteiger partial charge in [-0.1, -0.05) is 0 Å². The third kappa shape index (κ3) is 3.45. The van der Waals surface area contributed by atoms with Crippen LogP contribution >= 0.6 is 24.8 Å². The predicted molar refractivity (Wildman–Crippen MR) is 63.6 cm³/mol. The molecule has 0 saturated carbocycles. The van der Waals surface area contributed by atoms with E-state index in [4.69, 9.17) is 0 Å². The molecule has 1 aromatic heterocycles. The second-order valence-corrected chi connectivity index (χ2v) is 3.30. The summed E-state index contributed by atoms with van der Waals surface area (Å²) in [5.74, 6) is 0.759. The van der Waals surface area contributed by atoms with Gasteiger partial charge in [0.05, 0.1) is 0 Å². The number of hydrogen-bond acceptors (Lipinski definition) is 2. The second kappa shape index (κ2) is 7.04. The molecule has 1 fully saturated rings. The van der Waals surface area contributed by atoms with E-state index in [-0.39, 0.29) is 24.8 Å². The average Bonchev–Trinajstić information content (AvgIpc) is 2.21. The maximum Gasteiger partial charge on any atom is 0.0270 e. The van der Waals surface area contributed by atoms with Crippen molar-refractivity contribution in [3.63, 3.8) is 0 Å². The van der Waals surface area contributed by atoms with Crippen molar-refractivity contribution in [1.29, 1.82) is 0 Å². The van der Waals surface area contributed by atoms with Gasteiger partial charge in [0.15, 0.2) is 0 Å². The molecular weight excluding hydrogens is 219 g/mol. The molecule has 0 bridgehead atoms. The Kier molecular flexibility index (Phi) is 6.89. The van der Waals surface area contributed by atoms with E-state index in [9.17, 15) is 0 Å². The average molecular weight is 235 g/mol. The Labute approximate surface area is 97.3 Å². The molecule has 0 spiro atoms. The Morgan fingerprint density at radius 3 is 2.21 bits per heavy atom. The van der Waals surface area contributed by atoms with Gasteiger partial charge in [-0.3, -0.25) is 4.98 Å². The van der Waals surface area contributed by atoms with Crippen LogP contribution in [0.3, 0.4) is 0 Å². The number of rotatable bonds is 1. The zero-order chi connectivity index (χ0) is 8.23. The molecule has 0 amide bonds. The highest BCUT2D eigenvalue weighted by molar-refractivity contribution is 5.85. The summed E-state index contributed by atoms with van der Waals surface area (Å²) < 4.78 is 0. The zero-order valence-corrected chi connectivity index (χ0v) is 9.61. The van der Waals surface area contributed by atoms with E-state index in [1.165, 1.54) is 18.4 Å². The molecule has 1 aliphatic heterocycles. The first-order valence-electron chi connectivity index (χ1n) is 4.57. The Hall–Kier alpha value is -0.310. The van der Waals surface area contributed by atoms with Crippen LogP contribution in [0.25, 0.3) is 0 Å². The number of halogens is 2. The van der Waals surface area contributed by atoms with E-state index < -0.39 is 0 Å². The summed E-state index contributed by atoms with van der Waals surface area (Å²) in [6.07, 6.45) is 6.31. The number of aromatic nitrogens is 1. The Morgan fingerprint density at radius 1 is 1.07 bits per heavy atom. The SMILES string of the molecule is Cl.Cl.c1cc(C2CCNCC2)ccn1. The van der Waals surface area contributed by atoms with Crippen molar-refractivity contribution in [2.75, 3.05) is 13.1 Å². The summed E-state index contributed by atoms with van der Waals surface area (Å²) in [5, 5.41) is 3.37. The molecule has 2 nitrogen and oxygen atoms in total. The molecule has 0 radical (unpaired) electrons. The molecule has 0 aliphatic carbocycles. The summed E-state index contributed by atoms with van der Waals surface area (Å²) in [7, 11) is 0. The van der Waals surface area contributed by atoms with Gasteiger partial charge in [-0.15, -0.1) is 24.8 Å². The van der Waals surface area contributed by atoms with E-state index in [2.05, 4.69) is 22.4 Å². The van der Waals surface area contributed by atoms with E-state index >= 15 is 0 Å². The lowest BCUT2D eigenvalue weighted by Crippen LogP contribution is -2.26. The van der Waals surface area contributed by atoms with Gasteiger partial charge in [-0.25, -0.2) is 0 Å². The van der Waals surface area contributed by atoms with E-state index in [1.807, 2.05) is 12.4 Å². The Bertz CT molecular complexity index is 235. The first kappa shape index (κ1) is 13.7. The van der Waals surface area contributed by atoms with Crippen molar-refractivity contribution in [1.82, 2.24) is 10.3 Å². The van der Waals surface area contributed by atoms with Gasteiger partial charge in [-0.2, -0.15) is 0 Å². The molecule has 80 valence electrons. The Balaban J connectivity index is 0.000000845. The molecule has 1 saturated heterocycles. The van der Waals surface area contributed by atoms with Gasteiger partial charge < -0.3 is 5.32 Å². The van der Waals surface area contributed by atoms with Crippen molar-refractivity contribution in [3.8, 4) is 0 Å². The highest BCUT2D eigenvalue weighted by Gasteiger charge is 2.13. The highest BCUT2D eigenvalue weighted by Crippen LogP contribution is 2.23. The van der Waals surface area contributed by atoms with Gasteiger partial charge in [-0.05, 0) is 49.5 Å². The minimum atomic E-state index is 0.